The van der Waals surface area contributed by atoms with Gasteiger partial charge in [0, 0.05) is 12.0 Å². The number of nitrogens with one attached hydrogen (secondary N) is 1. The van der Waals surface area contributed by atoms with Crippen LogP contribution in [-0.2, 0) is 14.4 Å². The van der Waals surface area contributed by atoms with E-state index in [4.69, 9.17) is 0 Å². The van der Waals surface area contributed by atoms with E-state index in [2.05, 4.69) is 5.32 Å². The second kappa shape index (κ2) is 5.37. The second-order valence-electron chi connectivity index (χ2n) is 5.67. The third kappa shape index (κ3) is 2.21. The summed E-state index contributed by atoms with van der Waals surface area (Å²) in [6.07, 6.45) is 4.12. The third-order valence-electron chi connectivity index (χ3n) is 4.31. The minimum Gasteiger partial charge on any atom is -0.296 e. The first-order chi connectivity index (χ1) is 10.5. The summed E-state index contributed by atoms with van der Waals surface area (Å²) in [5.41, 5.74) is 4.22. The highest BCUT2D eigenvalue weighted by Gasteiger charge is 2.34. The van der Waals surface area contributed by atoms with E-state index in [0.717, 1.165) is 22.3 Å². The molecule has 1 fully saturated rings. The van der Waals surface area contributed by atoms with Gasteiger partial charge in [-0.15, -0.1) is 0 Å². The van der Waals surface area contributed by atoms with Gasteiger partial charge >= 0.3 is 0 Å². The van der Waals surface area contributed by atoms with Gasteiger partial charge in [0.2, 0.25) is 11.8 Å². The molecule has 1 aliphatic carbocycles. The number of hydrogen-bond acceptors (Lipinski definition) is 3. The molecule has 3 rings (SSSR count). The van der Waals surface area contributed by atoms with Crippen LogP contribution in [0.2, 0.25) is 0 Å². The van der Waals surface area contributed by atoms with Gasteiger partial charge in [-0.3, -0.25) is 19.7 Å². The Kier molecular flexibility index (Phi) is 3.53. The standard InChI is InChI=1S/C18H17NO3/c1-3-11-15(20)9-14(12-6-4-5-10(2)17(11)12)13-7-8-16(21)19-18(13)22/h3-6,9,13H,7-8H2,1-2H3,(H,19,21,22)/b11-3-. The van der Waals surface area contributed by atoms with Gasteiger partial charge in [-0.2, -0.15) is 0 Å². The zero-order valence-corrected chi connectivity index (χ0v) is 12.6. The number of aryl methyl sites for hydroxylation is 1. The van der Waals surface area contributed by atoms with Crippen LogP contribution in [0, 0.1) is 12.8 Å². The highest BCUT2D eigenvalue weighted by molar-refractivity contribution is 6.32. The molecular weight excluding hydrogens is 278 g/mol. The third-order valence-corrected chi connectivity index (χ3v) is 4.31. The molecule has 0 spiro atoms. The maximum atomic E-state index is 12.4. The van der Waals surface area contributed by atoms with Crippen LogP contribution < -0.4 is 5.32 Å². The van der Waals surface area contributed by atoms with Crippen LogP contribution in [0.1, 0.15) is 36.5 Å². The summed E-state index contributed by atoms with van der Waals surface area (Å²) < 4.78 is 0. The number of piperidine rings is 1. The van der Waals surface area contributed by atoms with Crippen molar-refractivity contribution in [2.24, 2.45) is 5.92 Å². The first kappa shape index (κ1) is 14.4. The lowest BCUT2D eigenvalue weighted by atomic mass is 9.77. The van der Waals surface area contributed by atoms with Gasteiger partial charge in [-0.25, -0.2) is 0 Å². The average Bonchev–Trinajstić information content (AvgIpc) is 2.47. The van der Waals surface area contributed by atoms with Crippen molar-refractivity contribution in [3.63, 3.8) is 0 Å². The van der Waals surface area contributed by atoms with Crippen molar-refractivity contribution >= 4 is 28.7 Å². The first-order valence-corrected chi connectivity index (χ1v) is 7.39. The van der Waals surface area contributed by atoms with Crippen molar-refractivity contribution < 1.29 is 14.4 Å². The number of rotatable bonds is 1. The molecule has 1 heterocycles. The van der Waals surface area contributed by atoms with Crippen molar-refractivity contribution in [3.8, 4) is 0 Å². The molecule has 1 aromatic carbocycles. The van der Waals surface area contributed by atoms with E-state index < -0.39 is 5.92 Å². The van der Waals surface area contributed by atoms with E-state index in [1.165, 1.54) is 0 Å². The predicted octanol–water partition coefficient (Wildman–Crippen LogP) is 2.42. The van der Waals surface area contributed by atoms with Gasteiger partial charge in [0.15, 0.2) is 5.78 Å². The highest BCUT2D eigenvalue weighted by Crippen LogP contribution is 2.39. The first-order valence-electron chi connectivity index (χ1n) is 7.39. The van der Waals surface area contributed by atoms with Crippen LogP contribution in [0.5, 0.6) is 0 Å². The molecule has 1 unspecified atom stereocenters. The maximum Gasteiger partial charge on any atom is 0.234 e. The summed E-state index contributed by atoms with van der Waals surface area (Å²) in [5.74, 6) is -1.08. The molecule has 4 nitrogen and oxygen atoms in total. The van der Waals surface area contributed by atoms with Gasteiger partial charge < -0.3 is 0 Å². The number of hydrogen-bond donors (Lipinski definition) is 1. The fourth-order valence-electron chi connectivity index (χ4n) is 3.25. The van der Waals surface area contributed by atoms with Crippen LogP contribution in [0.15, 0.2) is 30.4 Å². The summed E-state index contributed by atoms with van der Waals surface area (Å²) in [5, 5.41) is 2.37. The molecule has 1 saturated heterocycles. The van der Waals surface area contributed by atoms with Gasteiger partial charge in [0.25, 0.3) is 0 Å². The fraction of sp³-hybridized carbons (Fsp3) is 0.278. The molecule has 112 valence electrons. The van der Waals surface area contributed by atoms with Crippen LogP contribution in [0.4, 0.5) is 0 Å². The van der Waals surface area contributed by atoms with Gasteiger partial charge in [0.05, 0.1) is 5.92 Å². The number of carbonyl (C=O) groups is 3. The Morgan fingerprint density at radius 2 is 2.00 bits per heavy atom. The van der Waals surface area contributed by atoms with Crippen molar-refractivity contribution in [1.82, 2.24) is 5.32 Å². The topological polar surface area (TPSA) is 63.2 Å². The van der Waals surface area contributed by atoms with Crippen LogP contribution in [0.3, 0.4) is 0 Å². The van der Waals surface area contributed by atoms with Gasteiger partial charge in [-0.05, 0) is 48.6 Å². The summed E-state index contributed by atoms with van der Waals surface area (Å²) in [6.45, 7) is 3.80. The summed E-state index contributed by atoms with van der Waals surface area (Å²) in [6, 6.07) is 5.83. The minimum absolute atomic E-state index is 0.0796. The van der Waals surface area contributed by atoms with E-state index in [-0.39, 0.29) is 17.6 Å². The van der Waals surface area contributed by atoms with Gasteiger partial charge in [0.1, 0.15) is 0 Å². The molecule has 22 heavy (non-hydrogen) atoms. The maximum absolute atomic E-state index is 12.4. The Labute approximate surface area is 128 Å². The van der Waals surface area contributed by atoms with Crippen LogP contribution >= 0.6 is 0 Å². The number of benzene rings is 1. The largest absolute Gasteiger partial charge is 0.296 e. The molecule has 1 aliphatic heterocycles. The van der Waals surface area contributed by atoms with Gasteiger partial charge in [-0.1, -0.05) is 24.3 Å². The second-order valence-corrected chi connectivity index (χ2v) is 5.67. The zero-order chi connectivity index (χ0) is 15.9. The number of carbonyl (C=O) groups excluding carboxylic acids is 3. The lowest BCUT2D eigenvalue weighted by Crippen LogP contribution is -2.41. The molecule has 2 amide bonds. The molecule has 4 heteroatoms. The van der Waals surface area contributed by atoms with E-state index in [0.29, 0.717) is 18.4 Å². The Morgan fingerprint density at radius 1 is 1.23 bits per heavy atom. The summed E-state index contributed by atoms with van der Waals surface area (Å²) >= 11 is 0. The van der Waals surface area contributed by atoms with Crippen LogP contribution in [0.25, 0.3) is 11.1 Å². The Hall–Kier alpha value is -2.49. The number of fused-ring (bicyclic) bond motifs is 1. The molecule has 0 radical (unpaired) electrons. The predicted molar refractivity (Wildman–Crippen MR) is 83.7 cm³/mol. The van der Waals surface area contributed by atoms with Crippen molar-refractivity contribution in [3.05, 3.63) is 47.0 Å². The quantitative estimate of drug-likeness (QED) is 0.639. The number of amides is 2. The smallest absolute Gasteiger partial charge is 0.234 e. The Balaban J connectivity index is 2.14. The highest BCUT2D eigenvalue weighted by atomic mass is 16.2. The lowest BCUT2D eigenvalue weighted by Gasteiger charge is -2.28. The molecule has 0 bridgehead atoms. The summed E-state index contributed by atoms with van der Waals surface area (Å²) in [7, 11) is 0. The average molecular weight is 295 g/mol. The van der Waals surface area contributed by atoms with Crippen molar-refractivity contribution in [2.45, 2.75) is 26.7 Å². The number of ketones is 1. The van der Waals surface area contributed by atoms with Crippen LogP contribution in [-0.4, -0.2) is 17.6 Å². The van der Waals surface area contributed by atoms with E-state index in [1.807, 2.05) is 38.1 Å². The Morgan fingerprint density at radius 3 is 2.68 bits per heavy atom. The van der Waals surface area contributed by atoms with Crippen molar-refractivity contribution in [1.29, 1.82) is 0 Å². The zero-order valence-electron chi connectivity index (χ0n) is 12.6. The molecular formula is C18H17NO3. The molecule has 0 saturated carbocycles. The SMILES string of the molecule is C/C=C1/C(=O)C=C(C2CCC(=O)NC2=O)c2cccc(C)c21. The van der Waals surface area contributed by atoms with E-state index in [1.54, 1.807) is 6.08 Å². The molecule has 1 atom stereocenters. The fourth-order valence-corrected chi connectivity index (χ4v) is 3.25. The Bertz CT molecular complexity index is 756. The number of allylic oxidation sites excluding steroid dienone is 3. The molecule has 0 aromatic heterocycles. The molecule has 1 N–H and O–H groups in total. The normalized spacial score (nSPS) is 23.2. The number of imide groups is 1. The minimum atomic E-state index is -0.444. The summed E-state index contributed by atoms with van der Waals surface area (Å²) in [4.78, 5) is 35.9. The van der Waals surface area contributed by atoms with Crippen molar-refractivity contribution in [2.75, 3.05) is 0 Å². The lowest BCUT2D eigenvalue weighted by molar-refractivity contribution is -0.134. The molecule has 2 aliphatic rings. The van der Waals surface area contributed by atoms with E-state index in [9.17, 15) is 14.4 Å². The monoisotopic (exact) mass is 295 g/mol. The van der Waals surface area contributed by atoms with E-state index >= 15 is 0 Å². The molecule has 1 aromatic rings.